The van der Waals surface area contributed by atoms with Crippen LogP contribution in [0.4, 0.5) is 13.2 Å². The highest BCUT2D eigenvalue weighted by molar-refractivity contribution is 5.78. The summed E-state index contributed by atoms with van der Waals surface area (Å²) in [7, 11) is 0. The summed E-state index contributed by atoms with van der Waals surface area (Å²) in [5, 5.41) is 14.5. The van der Waals surface area contributed by atoms with Gasteiger partial charge in [-0.1, -0.05) is 24.3 Å². The number of fused-ring (bicyclic) bond motifs is 1. The highest BCUT2D eigenvalue weighted by atomic mass is 19.4. The molecule has 2 rings (SSSR count). The van der Waals surface area contributed by atoms with E-state index in [1.165, 1.54) is 0 Å². The lowest BCUT2D eigenvalue weighted by Gasteiger charge is -2.18. The number of aliphatic hydroxyl groups is 1. The van der Waals surface area contributed by atoms with Gasteiger partial charge < -0.3 is 15.7 Å². The maximum atomic E-state index is 11.9. The van der Waals surface area contributed by atoms with Gasteiger partial charge in [0.15, 0.2) is 0 Å². The molecule has 4 nitrogen and oxygen atoms in total. The number of benzene rings is 1. The molecule has 1 aliphatic carbocycles. The lowest BCUT2D eigenvalue weighted by atomic mass is 10.1. The smallest absolute Gasteiger partial charge is 0.390 e. The minimum Gasteiger partial charge on any atom is -0.390 e. The van der Waals surface area contributed by atoms with Crippen molar-refractivity contribution in [2.45, 2.75) is 24.7 Å². The van der Waals surface area contributed by atoms with Crippen LogP contribution in [0.3, 0.4) is 0 Å². The van der Waals surface area contributed by atoms with Crippen LogP contribution in [-0.2, 0) is 11.2 Å². The second-order valence-corrected chi connectivity index (χ2v) is 4.73. The molecule has 2 unspecified atom stereocenters. The summed E-state index contributed by atoms with van der Waals surface area (Å²) in [6.07, 6.45) is -4.67. The molecule has 0 saturated heterocycles. The average Bonchev–Trinajstić information content (AvgIpc) is 2.64. The van der Waals surface area contributed by atoms with Crippen molar-refractivity contribution >= 4 is 5.91 Å². The Bertz CT molecular complexity index is 491. The van der Waals surface area contributed by atoms with Crippen LogP contribution in [0.2, 0.25) is 0 Å². The molecular formula is C13H15F3N2O2. The molecule has 1 aliphatic rings. The molecular weight excluding hydrogens is 273 g/mol. The molecule has 0 heterocycles. The predicted octanol–water partition coefficient (Wildman–Crippen LogP) is 0.913. The monoisotopic (exact) mass is 288 g/mol. The third kappa shape index (κ3) is 3.71. The third-order valence-corrected chi connectivity index (χ3v) is 3.13. The first kappa shape index (κ1) is 14.8. The predicted molar refractivity (Wildman–Crippen MR) is 66.0 cm³/mol. The Hall–Kier alpha value is -1.60. The van der Waals surface area contributed by atoms with Crippen LogP contribution in [0.15, 0.2) is 24.3 Å². The van der Waals surface area contributed by atoms with Gasteiger partial charge in [-0.2, -0.15) is 13.2 Å². The van der Waals surface area contributed by atoms with Gasteiger partial charge in [-0.25, -0.2) is 0 Å². The summed E-state index contributed by atoms with van der Waals surface area (Å²) in [6, 6.07) is 6.71. The van der Waals surface area contributed by atoms with Crippen molar-refractivity contribution in [1.82, 2.24) is 10.6 Å². The van der Waals surface area contributed by atoms with E-state index < -0.39 is 37.3 Å². The first-order chi connectivity index (χ1) is 9.37. The molecule has 0 spiro atoms. The van der Waals surface area contributed by atoms with Crippen molar-refractivity contribution in [3.8, 4) is 0 Å². The summed E-state index contributed by atoms with van der Waals surface area (Å²) in [5.41, 5.74) is 1.75. The summed E-state index contributed by atoms with van der Waals surface area (Å²) in [6.45, 7) is -1.66. The maximum absolute atomic E-state index is 11.9. The Morgan fingerprint density at radius 2 is 2.05 bits per heavy atom. The van der Waals surface area contributed by atoms with Gasteiger partial charge in [-0.3, -0.25) is 4.79 Å². The van der Waals surface area contributed by atoms with Crippen LogP contribution in [0.5, 0.6) is 0 Å². The fourth-order valence-electron chi connectivity index (χ4n) is 2.29. The highest BCUT2D eigenvalue weighted by Crippen LogP contribution is 2.30. The zero-order valence-corrected chi connectivity index (χ0v) is 10.6. The Labute approximate surface area is 114 Å². The van der Waals surface area contributed by atoms with E-state index in [2.05, 4.69) is 5.32 Å². The number of halogens is 3. The van der Waals surface area contributed by atoms with Gasteiger partial charge in [0.1, 0.15) is 0 Å². The van der Waals surface area contributed by atoms with Crippen molar-refractivity contribution in [2.75, 3.05) is 13.1 Å². The van der Waals surface area contributed by atoms with Crippen LogP contribution in [0, 0.1) is 0 Å². The SMILES string of the molecule is O=C(CNCC(F)(F)F)NC1c2ccccc2CC1O. The average molecular weight is 288 g/mol. The highest BCUT2D eigenvalue weighted by Gasteiger charge is 2.32. The molecule has 7 heteroatoms. The topological polar surface area (TPSA) is 61.4 Å². The van der Waals surface area contributed by atoms with Crippen molar-refractivity contribution in [1.29, 1.82) is 0 Å². The van der Waals surface area contributed by atoms with E-state index in [-0.39, 0.29) is 0 Å². The van der Waals surface area contributed by atoms with E-state index in [1.807, 2.05) is 17.4 Å². The molecule has 0 fully saturated rings. The molecule has 0 aliphatic heterocycles. The van der Waals surface area contributed by atoms with Crippen LogP contribution in [0.25, 0.3) is 0 Å². The Balaban J connectivity index is 1.89. The number of rotatable bonds is 4. The number of hydrogen-bond donors (Lipinski definition) is 3. The molecule has 0 aromatic heterocycles. The van der Waals surface area contributed by atoms with E-state index in [1.54, 1.807) is 12.1 Å². The van der Waals surface area contributed by atoms with Crippen molar-refractivity contribution < 1.29 is 23.1 Å². The molecule has 1 amide bonds. The molecule has 0 bridgehead atoms. The molecule has 0 radical (unpaired) electrons. The number of alkyl halides is 3. The van der Waals surface area contributed by atoms with Gasteiger partial charge in [-0.05, 0) is 11.1 Å². The number of nitrogens with one attached hydrogen (secondary N) is 2. The lowest BCUT2D eigenvalue weighted by Crippen LogP contribution is -2.41. The molecule has 0 saturated carbocycles. The van der Waals surface area contributed by atoms with Crippen molar-refractivity contribution in [3.05, 3.63) is 35.4 Å². The minimum absolute atomic E-state index is 0.428. The Kier molecular flexibility index (Phi) is 4.29. The van der Waals surface area contributed by atoms with E-state index in [0.717, 1.165) is 11.1 Å². The first-order valence-electron chi connectivity index (χ1n) is 6.19. The lowest BCUT2D eigenvalue weighted by molar-refractivity contribution is -0.129. The van der Waals surface area contributed by atoms with Gasteiger partial charge in [0.25, 0.3) is 0 Å². The number of carbonyl (C=O) groups is 1. The maximum Gasteiger partial charge on any atom is 0.401 e. The second-order valence-electron chi connectivity index (χ2n) is 4.73. The number of aliphatic hydroxyl groups excluding tert-OH is 1. The summed E-state index contributed by atoms with van der Waals surface area (Å²) < 4.78 is 35.8. The van der Waals surface area contributed by atoms with Gasteiger partial charge in [-0.15, -0.1) is 0 Å². The fraction of sp³-hybridized carbons (Fsp3) is 0.462. The zero-order chi connectivity index (χ0) is 14.8. The molecule has 20 heavy (non-hydrogen) atoms. The van der Waals surface area contributed by atoms with Crippen LogP contribution >= 0.6 is 0 Å². The summed E-state index contributed by atoms with van der Waals surface area (Å²) >= 11 is 0. The third-order valence-electron chi connectivity index (χ3n) is 3.13. The molecule has 110 valence electrons. The van der Waals surface area contributed by atoms with Crippen LogP contribution in [0.1, 0.15) is 17.2 Å². The van der Waals surface area contributed by atoms with Gasteiger partial charge in [0.05, 0.1) is 25.2 Å². The van der Waals surface area contributed by atoms with Crippen molar-refractivity contribution in [3.63, 3.8) is 0 Å². The summed E-state index contributed by atoms with van der Waals surface area (Å²) in [4.78, 5) is 11.6. The molecule has 3 N–H and O–H groups in total. The zero-order valence-electron chi connectivity index (χ0n) is 10.6. The van der Waals surface area contributed by atoms with E-state index in [0.29, 0.717) is 6.42 Å². The van der Waals surface area contributed by atoms with Gasteiger partial charge in [0, 0.05) is 6.42 Å². The normalized spacial score (nSPS) is 21.6. The van der Waals surface area contributed by atoms with Crippen molar-refractivity contribution in [2.24, 2.45) is 0 Å². The molecule has 1 aromatic rings. The number of hydrogen-bond acceptors (Lipinski definition) is 3. The van der Waals surface area contributed by atoms with Gasteiger partial charge in [0.2, 0.25) is 5.91 Å². The standard InChI is InChI=1S/C13H15F3N2O2/c14-13(15,16)7-17-6-11(20)18-12-9-4-2-1-3-8(9)5-10(12)19/h1-4,10,12,17,19H,5-7H2,(H,18,20). The summed E-state index contributed by atoms with van der Waals surface area (Å²) in [5.74, 6) is -0.574. The van der Waals surface area contributed by atoms with Crippen LogP contribution < -0.4 is 10.6 Å². The second kappa shape index (κ2) is 5.80. The van der Waals surface area contributed by atoms with E-state index in [4.69, 9.17) is 0 Å². The number of carbonyl (C=O) groups excluding carboxylic acids is 1. The molecule has 1 aromatic carbocycles. The minimum atomic E-state index is -4.35. The van der Waals surface area contributed by atoms with E-state index in [9.17, 15) is 23.1 Å². The molecule has 2 atom stereocenters. The van der Waals surface area contributed by atoms with Crippen LogP contribution in [-0.4, -0.2) is 36.4 Å². The van der Waals surface area contributed by atoms with E-state index >= 15 is 0 Å². The first-order valence-corrected chi connectivity index (χ1v) is 6.19. The Morgan fingerprint density at radius 3 is 2.75 bits per heavy atom. The largest absolute Gasteiger partial charge is 0.401 e. The number of amides is 1. The quantitative estimate of drug-likeness (QED) is 0.772. The van der Waals surface area contributed by atoms with Gasteiger partial charge >= 0.3 is 6.18 Å². The fourth-order valence-corrected chi connectivity index (χ4v) is 2.29. The Morgan fingerprint density at radius 1 is 1.35 bits per heavy atom.